The summed E-state index contributed by atoms with van der Waals surface area (Å²) in [7, 11) is 0. The fourth-order valence-corrected chi connectivity index (χ4v) is 4.58. The summed E-state index contributed by atoms with van der Waals surface area (Å²) in [5, 5.41) is 3.46. The van der Waals surface area contributed by atoms with Gasteiger partial charge in [-0.15, -0.1) is 0 Å². The predicted molar refractivity (Wildman–Crippen MR) is 87.4 cm³/mol. The van der Waals surface area contributed by atoms with Crippen molar-refractivity contribution < 1.29 is 0 Å². The van der Waals surface area contributed by atoms with E-state index in [4.69, 9.17) is 0 Å². The Bertz CT molecular complexity index is 582. The van der Waals surface area contributed by atoms with Crippen molar-refractivity contribution in [3.63, 3.8) is 0 Å². The number of hydrogen-bond donors (Lipinski definition) is 1. The molecule has 0 radical (unpaired) electrons. The molecule has 1 aromatic heterocycles. The Morgan fingerprint density at radius 2 is 1.89 bits per heavy atom. The number of imidazole rings is 1. The lowest BCUT2D eigenvalue weighted by Crippen LogP contribution is -2.06. The van der Waals surface area contributed by atoms with Crippen molar-refractivity contribution in [2.75, 3.05) is 5.32 Å². The van der Waals surface area contributed by atoms with E-state index in [2.05, 4.69) is 62.7 Å². The largest absolute Gasteiger partial charge is 0.378 e. The molecule has 0 saturated heterocycles. The Morgan fingerprint density at radius 1 is 1.21 bits per heavy atom. The van der Waals surface area contributed by atoms with E-state index in [0.717, 1.165) is 25.7 Å². The Labute approximate surface area is 137 Å². The Hall–Kier alpha value is -0.330. The molecular weight excluding hydrogens is 438 g/mol. The molecule has 0 aliphatic heterocycles. The van der Waals surface area contributed by atoms with E-state index in [-0.39, 0.29) is 0 Å². The van der Waals surface area contributed by atoms with Gasteiger partial charge in [-0.1, -0.05) is 15.9 Å². The third kappa shape index (κ3) is 3.06. The van der Waals surface area contributed by atoms with Gasteiger partial charge in [0.25, 0.3) is 0 Å². The number of nitrogens with zero attached hydrogens (tertiary/aromatic N) is 2. The molecule has 1 aliphatic carbocycles. The van der Waals surface area contributed by atoms with Crippen molar-refractivity contribution in [3.05, 3.63) is 43.8 Å². The molecule has 0 bridgehead atoms. The molecular formula is C13H12Br3N3. The normalized spacial score (nSPS) is 14.7. The van der Waals surface area contributed by atoms with Crippen molar-refractivity contribution in [3.8, 4) is 0 Å². The third-order valence-corrected chi connectivity index (χ3v) is 4.85. The summed E-state index contributed by atoms with van der Waals surface area (Å²) < 4.78 is 5.38. The molecule has 1 heterocycles. The van der Waals surface area contributed by atoms with Crippen LogP contribution in [0.4, 0.5) is 5.69 Å². The summed E-state index contributed by atoms with van der Waals surface area (Å²) in [6.07, 6.45) is 6.41. The van der Waals surface area contributed by atoms with Crippen LogP contribution in [0.5, 0.6) is 0 Å². The Balaban J connectivity index is 1.77. The van der Waals surface area contributed by atoms with Crippen LogP contribution in [0.3, 0.4) is 0 Å². The SMILES string of the molecule is Brc1cc(Br)c(NCc2cncn2C2CC2)c(Br)c1. The van der Waals surface area contributed by atoms with Crippen LogP contribution in [0, 0.1) is 0 Å². The van der Waals surface area contributed by atoms with Crippen LogP contribution in [0.15, 0.2) is 38.1 Å². The topological polar surface area (TPSA) is 29.9 Å². The number of nitrogens with one attached hydrogen (secondary N) is 1. The maximum Gasteiger partial charge on any atom is 0.0951 e. The number of rotatable bonds is 4. The second kappa shape index (κ2) is 5.58. The quantitative estimate of drug-likeness (QED) is 0.702. The Morgan fingerprint density at radius 3 is 2.53 bits per heavy atom. The molecule has 0 unspecified atom stereocenters. The molecule has 1 N–H and O–H groups in total. The van der Waals surface area contributed by atoms with E-state index < -0.39 is 0 Å². The zero-order valence-corrected chi connectivity index (χ0v) is 14.8. The van der Waals surface area contributed by atoms with Crippen LogP contribution in [0.1, 0.15) is 24.6 Å². The van der Waals surface area contributed by atoms with Gasteiger partial charge in [0.15, 0.2) is 0 Å². The summed E-state index contributed by atoms with van der Waals surface area (Å²) >= 11 is 10.6. The van der Waals surface area contributed by atoms with Crippen molar-refractivity contribution >= 4 is 53.5 Å². The monoisotopic (exact) mass is 447 g/mol. The lowest BCUT2D eigenvalue weighted by atomic mass is 10.3. The summed E-state index contributed by atoms with van der Waals surface area (Å²) in [5.41, 5.74) is 2.29. The molecule has 3 nitrogen and oxygen atoms in total. The fourth-order valence-electron chi connectivity index (χ4n) is 2.04. The predicted octanol–water partition coefficient (Wildman–Crippen LogP) is 5.12. The van der Waals surface area contributed by atoms with Crippen LogP contribution < -0.4 is 5.32 Å². The van der Waals surface area contributed by atoms with Gasteiger partial charge in [-0.25, -0.2) is 4.98 Å². The zero-order valence-electron chi connectivity index (χ0n) is 10.0. The van der Waals surface area contributed by atoms with Crippen molar-refractivity contribution in [2.24, 2.45) is 0 Å². The molecule has 1 aromatic carbocycles. The molecule has 3 rings (SSSR count). The summed E-state index contributed by atoms with van der Waals surface area (Å²) in [5.74, 6) is 0. The lowest BCUT2D eigenvalue weighted by molar-refractivity contribution is 0.701. The van der Waals surface area contributed by atoms with E-state index in [1.54, 1.807) is 0 Å². The lowest BCUT2D eigenvalue weighted by Gasteiger charge is -2.12. The van der Waals surface area contributed by atoms with Gasteiger partial charge in [0, 0.05) is 25.7 Å². The second-order valence-corrected chi connectivity index (χ2v) is 7.25. The molecule has 6 heteroatoms. The van der Waals surface area contributed by atoms with Crippen molar-refractivity contribution in [1.82, 2.24) is 9.55 Å². The molecule has 1 aliphatic rings. The maximum absolute atomic E-state index is 4.25. The van der Waals surface area contributed by atoms with E-state index in [9.17, 15) is 0 Å². The molecule has 1 fully saturated rings. The van der Waals surface area contributed by atoms with Crippen molar-refractivity contribution in [2.45, 2.75) is 25.4 Å². The van der Waals surface area contributed by atoms with Gasteiger partial charge in [-0.3, -0.25) is 0 Å². The van der Waals surface area contributed by atoms with Gasteiger partial charge in [0.2, 0.25) is 0 Å². The average Bonchev–Trinajstić information content (AvgIpc) is 3.08. The molecule has 0 amide bonds. The first-order chi connectivity index (χ1) is 9.15. The van der Waals surface area contributed by atoms with Crippen LogP contribution in [-0.2, 0) is 6.54 Å². The summed E-state index contributed by atoms with van der Waals surface area (Å²) in [6, 6.07) is 4.73. The first-order valence-electron chi connectivity index (χ1n) is 6.04. The molecule has 0 spiro atoms. The van der Waals surface area contributed by atoms with Crippen LogP contribution in [0.25, 0.3) is 0 Å². The smallest absolute Gasteiger partial charge is 0.0951 e. The minimum absolute atomic E-state index is 0.663. The summed E-state index contributed by atoms with van der Waals surface area (Å²) in [4.78, 5) is 4.25. The second-order valence-electron chi connectivity index (χ2n) is 4.62. The molecule has 100 valence electrons. The van der Waals surface area contributed by atoms with Crippen molar-refractivity contribution in [1.29, 1.82) is 0 Å². The number of aromatic nitrogens is 2. The Kier molecular flexibility index (Phi) is 4.01. The molecule has 1 saturated carbocycles. The summed E-state index contributed by atoms with van der Waals surface area (Å²) in [6.45, 7) is 0.773. The minimum atomic E-state index is 0.663. The highest BCUT2D eigenvalue weighted by Crippen LogP contribution is 2.37. The first kappa shape index (κ1) is 13.6. The van der Waals surface area contributed by atoms with Gasteiger partial charge >= 0.3 is 0 Å². The molecule has 2 aromatic rings. The number of hydrogen-bond acceptors (Lipinski definition) is 2. The van der Waals surface area contributed by atoms with E-state index in [1.165, 1.54) is 18.5 Å². The standard InChI is InChI=1S/C13H12Br3N3/c14-8-3-11(15)13(12(16)4-8)18-6-10-5-17-7-19(10)9-1-2-9/h3-5,7,9,18H,1-2,6H2. The highest BCUT2D eigenvalue weighted by molar-refractivity contribution is 9.11. The fraction of sp³-hybridized carbons (Fsp3) is 0.308. The molecule has 19 heavy (non-hydrogen) atoms. The first-order valence-corrected chi connectivity index (χ1v) is 8.42. The van der Waals surface area contributed by atoms with Gasteiger partial charge in [-0.2, -0.15) is 0 Å². The zero-order chi connectivity index (χ0) is 13.4. The van der Waals surface area contributed by atoms with Crippen LogP contribution in [-0.4, -0.2) is 9.55 Å². The van der Waals surface area contributed by atoms with Gasteiger partial charge in [-0.05, 0) is 56.8 Å². The highest BCUT2D eigenvalue weighted by Gasteiger charge is 2.25. The number of halogens is 3. The van der Waals surface area contributed by atoms with E-state index in [1.807, 2.05) is 24.7 Å². The minimum Gasteiger partial charge on any atom is -0.378 e. The third-order valence-electron chi connectivity index (χ3n) is 3.14. The molecule has 0 atom stereocenters. The van der Waals surface area contributed by atoms with Gasteiger partial charge in [0.05, 0.1) is 24.3 Å². The van der Waals surface area contributed by atoms with E-state index >= 15 is 0 Å². The van der Waals surface area contributed by atoms with Gasteiger partial charge in [0.1, 0.15) is 0 Å². The average molecular weight is 450 g/mol. The van der Waals surface area contributed by atoms with Crippen LogP contribution >= 0.6 is 47.8 Å². The number of benzene rings is 1. The maximum atomic E-state index is 4.25. The van der Waals surface area contributed by atoms with E-state index in [0.29, 0.717) is 6.04 Å². The number of anilines is 1. The van der Waals surface area contributed by atoms with Gasteiger partial charge < -0.3 is 9.88 Å². The highest BCUT2D eigenvalue weighted by atomic mass is 79.9. The van der Waals surface area contributed by atoms with Crippen LogP contribution in [0.2, 0.25) is 0 Å².